The van der Waals surface area contributed by atoms with Gasteiger partial charge in [0, 0.05) is 0 Å². The Balaban J connectivity index is 3.72. The Hall–Kier alpha value is -1.27. The molecule has 1 nitrogen and oxygen atoms in total. The molecule has 1 aromatic carbocycles. The summed E-state index contributed by atoms with van der Waals surface area (Å²) in [7, 11) is -3.48. The second-order valence-electron chi connectivity index (χ2n) is 9.58. The standard InChI is InChI=1S/C24H38OSi2/c1-20(2)27(21(3)4,22(5)6)18-16-24(19-25,15-17-26(7,8)9)23-13-11-10-12-14-23/h10-14,20-22,25H,19H2,1-9H3/t24-/m1/s1. The summed E-state index contributed by atoms with van der Waals surface area (Å²) in [6.45, 7) is 20.5. The molecule has 0 saturated carbocycles. The quantitative estimate of drug-likeness (QED) is 0.475. The molecular weight excluding hydrogens is 360 g/mol. The van der Waals surface area contributed by atoms with E-state index in [1.54, 1.807) is 0 Å². The van der Waals surface area contributed by atoms with Gasteiger partial charge in [-0.3, -0.25) is 0 Å². The largest absolute Gasteiger partial charge is 0.393 e. The summed E-state index contributed by atoms with van der Waals surface area (Å²) < 4.78 is 0. The van der Waals surface area contributed by atoms with E-state index in [0.29, 0.717) is 16.6 Å². The monoisotopic (exact) mass is 398 g/mol. The molecular formula is C24H38OSi2. The van der Waals surface area contributed by atoms with Crippen molar-refractivity contribution in [3.63, 3.8) is 0 Å². The van der Waals surface area contributed by atoms with Crippen molar-refractivity contribution in [2.24, 2.45) is 0 Å². The molecule has 148 valence electrons. The first-order chi connectivity index (χ1) is 12.4. The van der Waals surface area contributed by atoms with Crippen LogP contribution in [0.3, 0.4) is 0 Å². The maximum absolute atomic E-state index is 10.5. The zero-order chi connectivity index (χ0) is 20.9. The van der Waals surface area contributed by atoms with Gasteiger partial charge in [-0.2, -0.15) is 0 Å². The lowest BCUT2D eigenvalue weighted by Gasteiger charge is -2.38. The molecule has 0 heterocycles. The van der Waals surface area contributed by atoms with E-state index in [4.69, 9.17) is 0 Å². The molecule has 27 heavy (non-hydrogen) atoms. The number of benzene rings is 1. The molecule has 3 heteroatoms. The van der Waals surface area contributed by atoms with Crippen LogP contribution in [0.2, 0.25) is 36.3 Å². The van der Waals surface area contributed by atoms with Crippen LogP contribution in [0.25, 0.3) is 0 Å². The van der Waals surface area contributed by atoms with E-state index in [0.717, 1.165) is 5.56 Å². The van der Waals surface area contributed by atoms with E-state index in [1.165, 1.54) is 0 Å². The predicted molar refractivity (Wildman–Crippen MR) is 125 cm³/mol. The van der Waals surface area contributed by atoms with Crippen molar-refractivity contribution in [1.82, 2.24) is 0 Å². The van der Waals surface area contributed by atoms with Crippen molar-refractivity contribution < 1.29 is 5.11 Å². The summed E-state index contributed by atoms with van der Waals surface area (Å²) in [6, 6.07) is 10.1. The van der Waals surface area contributed by atoms with Gasteiger partial charge in [0.15, 0.2) is 0 Å². The Kier molecular flexibility index (Phi) is 8.18. The highest BCUT2D eigenvalue weighted by Crippen LogP contribution is 2.41. The SMILES string of the molecule is CC(C)[Si](C#C[C@](C#C[Si](C)(C)C)(CO)c1ccccc1)(C(C)C)C(C)C. The summed E-state index contributed by atoms with van der Waals surface area (Å²) in [5, 5.41) is 10.5. The molecule has 0 aliphatic rings. The summed E-state index contributed by atoms with van der Waals surface area (Å²) in [4.78, 5) is 0. The van der Waals surface area contributed by atoms with E-state index in [1.807, 2.05) is 30.3 Å². The smallest absolute Gasteiger partial charge is 0.146 e. The second kappa shape index (κ2) is 9.29. The zero-order valence-corrected chi connectivity index (χ0v) is 20.8. The minimum Gasteiger partial charge on any atom is -0.393 e. The van der Waals surface area contributed by atoms with Gasteiger partial charge in [-0.25, -0.2) is 0 Å². The van der Waals surface area contributed by atoms with Gasteiger partial charge in [-0.05, 0) is 22.2 Å². The average Bonchev–Trinajstić information content (AvgIpc) is 2.57. The van der Waals surface area contributed by atoms with Crippen LogP contribution in [-0.4, -0.2) is 27.9 Å². The van der Waals surface area contributed by atoms with Crippen molar-refractivity contribution in [3.8, 4) is 22.9 Å². The Labute approximate surface area is 170 Å². The maximum atomic E-state index is 10.5. The molecule has 0 amide bonds. The number of hydrogen-bond acceptors (Lipinski definition) is 1. The van der Waals surface area contributed by atoms with Gasteiger partial charge in [0.25, 0.3) is 0 Å². The fourth-order valence-corrected chi connectivity index (χ4v) is 9.90. The minimum atomic E-state index is -1.89. The molecule has 0 saturated heterocycles. The highest BCUT2D eigenvalue weighted by atomic mass is 28.3. The van der Waals surface area contributed by atoms with Crippen LogP contribution in [0.5, 0.6) is 0 Å². The van der Waals surface area contributed by atoms with Gasteiger partial charge in [0.1, 0.15) is 21.6 Å². The van der Waals surface area contributed by atoms with Crippen LogP contribution in [0.1, 0.15) is 47.1 Å². The molecule has 0 aliphatic heterocycles. The molecule has 0 bridgehead atoms. The van der Waals surface area contributed by atoms with E-state index in [2.05, 4.69) is 84.1 Å². The molecule has 0 unspecified atom stereocenters. The summed E-state index contributed by atoms with van der Waals surface area (Å²) in [5.41, 5.74) is 9.16. The normalized spacial score (nSPS) is 14.4. The number of rotatable bonds is 5. The van der Waals surface area contributed by atoms with Crippen LogP contribution in [0, 0.1) is 22.9 Å². The highest BCUT2D eigenvalue weighted by Gasteiger charge is 2.42. The van der Waals surface area contributed by atoms with Crippen LogP contribution < -0.4 is 0 Å². The van der Waals surface area contributed by atoms with Crippen molar-refractivity contribution in [3.05, 3.63) is 35.9 Å². The molecule has 0 fully saturated rings. The first-order valence-corrected chi connectivity index (χ1v) is 15.9. The van der Waals surface area contributed by atoms with E-state index < -0.39 is 21.6 Å². The number of aliphatic hydroxyl groups excluding tert-OH is 1. The summed E-state index contributed by atoms with van der Waals surface area (Å²) >= 11 is 0. The van der Waals surface area contributed by atoms with Gasteiger partial charge in [0.2, 0.25) is 0 Å². The molecule has 1 atom stereocenters. The van der Waals surface area contributed by atoms with Gasteiger partial charge in [0.05, 0.1) is 6.61 Å². The lowest BCUT2D eigenvalue weighted by atomic mass is 9.83. The first-order valence-electron chi connectivity index (χ1n) is 10.2. The Bertz CT molecular complexity index is 699. The lowest BCUT2D eigenvalue weighted by molar-refractivity contribution is 0.260. The third-order valence-electron chi connectivity index (χ3n) is 5.51. The Morgan fingerprint density at radius 2 is 1.26 bits per heavy atom. The number of hydrogen-bond donors (Lipinski definition) is 1. The molecule has 0 aromatic heterocycles. The minimum absolute atomic E-state index is 0.0692. The van der Waals surface area contributed by atoms with Gasteiger partial charge in [-0.1, -0.05) is 103 Å². The Morgan fingerprint density at radius 1 is 0.815 bits per heavy atom. The fraction of sp³-hybridized carbons (Fsp3) is 0.583. The van der Waals surface area contributed by atoms with Crippen LogP contribution in [0.4, 0.5) is 0 Å². The lowest BCUT2D eigenvalue weighted by Crippen LogP contribution is -2.44. The van der Waals surface area contributed by atoms with Crippen molar-refractivity contribution >= 4 is 16.1 Å². The van der Waals surface area contributed by atoms with Crippen LogP contribution in [0.15, 0.2) is 30.3 Å². The molecule has 0 radical (unpaired) electrons. The molecule has 1 rings (SSSR count). The third kappa shape index (κ3) is 5.61. The predicted octanol–water partition coefficient (Wildman–Crippen LogP) is 6.02. The van der Waals surface area contributed by atoms with Crippen LogP contribution in [-0.2, 0) is 5.41 Å². The van der Waals surface area contributed by atoms with Crippen molar-refractivity contribution in [2.75, 3.05) is 6.61 Å². The molecule has 0 spiro atoms. The van der Waals surface area contributed by atoms with Gasteiger partial charge >= 0.3 is 0 Å². The van der Waals surface area contributed by atoms with E-state index in [9.17, 15) is 5.11 Å². The van der Waals surface area contributed by atoms with Gasteiger partial charge < -0.3 is 5.11 Å². The topological polar surface area (TPSA) is 20.2 Å². The average molecular weight is 399 g/mol. The summed E-state index contributed by atoms with van der Waals surface area (Å²) in [6.07, 6.45) is 0. The second-order valence-corrected chi connectivity index (χ2v) is 19.9. The van der Waals surface area contributed by atoms with Crippen molar-refractivity contribution in [2.45, 2.75) is 83.2 Å². The highest BCUT2D eigenvalue weighted by molar-refractivity contribution is 6.90. The number of aliphatic hydroxyl groups is 1. The van der Waals surface area contributed by atoms with Gasteiger partial charge in [-0.15, -0.1) is 11.1 Å². The maximum Gasteiger partial charge on any atom is 0.146 e. The van der Waals surface area contributed by atoms with E-state index in [-0.39, 0.29) is 6.61 Å². The van der Waals surface area contributed by atoms with E-state index >= 15 is 0 Å². The first kappa shape index (κ1) is 23.8. The summed E-state index contributed by atoms with van der Waals surface area (Å²) in [5.74, 6) is 7.01. The van der Waals surface area contributed by atoms with Crippen molar-refractivity contribution in [1.29, 1.82) is 0 Å². The zero-order valence-electron chi connectivity index (χ0n) is 18.8. The fourth-order valence-electron chi connectivity index (χ4n) is 4.01. The molecule has 0 aliphatic carbocycles. The Morgan fingerprint density at radius 3 is 1.63 bits per heavy atom. The van der Waals surface area contributed by atoms with Crippen LogP contribution >= 0.6 is 0 Å². The molecule has 1 aromatic rings. The molecule has 1 N–H and O–H groups in total. The third-order valence-corrected chi connectivity index (χ3v) is 12.7.